The fourth-order valence-electron chi connectivity index (χ4n) is 4.53. The van der Waals surface area contributed by atoms with Crippen LogP contribution in [0.25, 0.3) is 10.9 Å². The summed E-state index contributed by atoms with van der Waals surface area (Å²) < 4.78 is 0. The molecule has 5 nitrogen and oxygen atoms in total. The van der Waals surface area contributed by atoms with E-state index in [9.17, 15) is 5.11 Å². The monoisotopic (exact) mass is 326 g/mol. The summed E-state index contributed by atoms with van der Waals surface area (Å²) in [4.78, 5) is 11.7. The lowest BCUT2D eigenvalue weighted by Gasteiger charge is -2.37. The normalized spacial score (nSPS) is 28.5. The van der Waals surface area contributed by atoms with Crippen LogP contribution in [0.15, 0.2) is 24.3 Å². The van der Waals surface area contributed by atoms with E-state index in [2.05, 4.69) is 9.88 Å². The lowest BCUT2D eigenvalue weighted by Crippen LogP contribution is -2.42. The van der Waals surface area contributed by atoms with Gasteiger partial charge in [0.1, 0.15) is 11.6 Å². The Morgan fingerprint density at radius 3 is 2.79 bits per heavy atom. The summed E-state index contributed by atoms with van der Waals surface area (Å²) in [5.41, 5.74) is 7.03. The minimum Gasteiger partial charge on any atom is -0.393 e. The van der Waals surface area contributed by atoms with Gasteiger partial charge < -0.3 is 10.8 Å². The van der Waals surface area contributed by atoms with Crippen LogP contribution in [0.3, 0.4) is 0 Å². The largest absolute Gasteiger partial charge is 0.393 e. The number of para-hydroxylation sites is 1. The molecule has 3 atom stereocenters. The molecule has 2 aliphatic rings. The molecule has 1 aliphatic carbocycles. The molecule has 2 heterocycles. The van der Waals surface area contributed by atoms with Crippen LogP contribution in [-0.2, 0) is 6.54 Å². The first-order valence-electron chi connectivity index (χ1n) is 9.15. The number of fused-ring (bicyclic) bond motifs is 1. The van der Waals surface area contributed by atoms with Gasteiger partial charge in [-0.25, -0.2) is 9.97 Å². The molecule has 2 aromatic rings. The second kappa shape index (κ2) is 6.65. The summed E-state index contributed by atoms with van der Waals surface area (Å²) >= 11 is 0. The van der Waals surface area contributed by atoms with Gasteiger partial charge in [-0.2, -0.15) is 0 Å². The fraction of sp³-hybridized carbons (Fsp3) is 0.579. The van der Waals surface area contributed by atoms with Gasteiger partial charge in [-0.05, 0) is 44.4 Å². The average molecular weight is 326 g/mol. The van der Waals surface area contributed by atoms with Gasteiger partial charge in [-0.3, -0.25) is 4.90 Å². The Labute approximate surface area is 142 Å². The molecule has 1 aromatic carbocycles. The van der Waals surface area contributed by atoms with Gasteiger partial charge in [0.15, 0.2) is 0 Å². The van der Waals surface area contributed by atoms with Crippen molar-refractivity contribution in [2.75, 3.05) is 12.3 Å². The van der Waals surface area contributed by atoms with E-state index in [0.29, 0.717) is 17.8 Å². The maximum atomic E-state index is 10.4. The standard InChI is InChI=1S/C19H26N4O/c20-19-13-6-1-3-8-15(13)21-18(22-19)12-23-11-5-9-16(23)14-7-2-4-10-17(14)24/h1,3,6,8,14,16-17,24H,2,4-5,7,9-12H2,(H2,20,21,22). The summed E-state index contributed by atoms with van der Waals surface area (Å²) in [6.07, 6.45) is 6.71. The van der Waals surface area contributed by atoms with Crippen molar-refractivity contribution >= 4 is 16.7 Å². The summed E-state index contributed by atoms with van der Waals surface area (Å²) in [7, 11) is 0. The van der Waals surface area contributed by atoms with E-state index in [4.69, 9.17) is 10.7 Å². The van der Waals surface area contributed by atoms with Crippen LogP contribution in [0.1, 0.15) is 44.3 Å². The number of nitrogens with zero attached hydrogens (tertiary/aromatic N) is 3. The van der Waals surface area contributed by atoms with Crippen LogP contribution < -0.4 is 5.73 Å². The number of aromatic nitrogens is 2. The summed E-state index contributed by atoms with van der Waals surface area (Å²) in [5.74, 6) is 1.76. The van der Waals surface area contributed by atoms with Crippen molar-refractivity contribution in [3.8, 4) is 0 Å². The van der Waals surface area contributed by atoms with Crippen LogP contribution in [0.4, 0.5) is 5.82 Å². The van der Waals surface area contributed by atoms with Gasteiger partial charge >= 0.3 is 0 Å². The zero-order chi connectivity index (χ0) is 16.5. The highest BCUT2D eigenvalue weighted by Crippen LogP contribution is 2.35. The molecule has 1 aliphatic heterocycles. The van der Waals surface area contributed by atoms with E-state index in [1.807, 2.05) is 24.3 Å². The van der Waals surface area contributed by atoms with E-state index in [1.54, 1.807) is 0 Å². The van der Waals surface area contributed by atoms with Crippen LogP contribution in [-0.4, -0.2) is 38.7 Å². The first kappa shape index (κ1) is 15.8. The third-order valence-corrected chi connectivity index (χ3v) is 5.71. The highest BCUT2D eigenvalue weighted by atomic mass is 16.3. The Morgan fingerprint density at radius 2 is 1.92 bits per heavy atom. The minimum atomic E-state index is -0.146. The molecular formula is C19H26N4O. The smallest absolute Gasteiger partial charge is 0.145 e. The van der Waals surface area contributed by atoms with Crippen LogP contribution in [0, 0.1) is 5.92 Å². The van der Waals surface area contributed by atoms with Gasteiger partial charge in [0.05, 0.1) is 18.2 Å². The molecule has 5 heteroatoms. The average Bonchev–Trinajstić information content (AvgIpc) is 3.03. The van der Waals surface area contributed by atoms with Crippen molar-refractivity contribution in [2.24, 2.45) is 5.92 Å². The first-order valence-corrected chi connectivity index (χ1v) is 9.15. The second-order valence-corrected chi connectivity index (χ2v) is 7.24. The second-order valence-electron chi connectivity index (χ2n) is 7.24. The molecule has 1 saturated carbocycles. The molecule has 0 spiro atoms. The van der Waals surface area contributed by atoms with Crippen molar-refractivity contribution in [3.63, 3.8) is 0 Å². The number of likely N-dealkylation sites (tertiary alicyclic amines) is 1. The van der Waals surface area contributed by atoms with E-state index in [0.717, 1.165) is 49.1 Å². The Morgan fingerprint density at radius 1 is 1.08 bits per heavy atom. The fourth-order valence-corrected chi connectivity index (χ4v) is 4.53. The summed E-state index contributed by atoms with van der Waals surface area (Å²) in [6.45, 7) is 1.78. The van der Waals surface area contributed by atoms with Crippen molar-refractivity contribution in [2.45, 2.75) is 57.2 Å². The Kier molecular flexibility index (Phi) is 4.37. The Bertz CT molecular complexity index is 720. The summed E-state index contributed by atoms with van der Waals surface area (Å²) in [5, 5.41) is 11.3. The number of aliphatic hydroxyl groups is 1. The molecule has 24 heavy (non-hydrogen) atoms. The number of anilines is 1. The maximum Gasteiger partial charge on any atom is 0.145 e. The highest BCUT2D eigenvalue weighted by Gasteiger charge is 2.37. The van der Waals surface area contributed by atoms with E-state index >= 15 is 0 Å². The highest BCUT2D eigenvalue weighted by molar-refractivity contribution is 5.87. The lowest BCUT2D eigenvalue weighted by molar-refractivity contribution is 0.0196. The third-order valence-electron chi connectivity index (χ3n) is 5.71. The van der Waals surface area contributed by atoms with Crippen LogP contribution in [0.5, 0.6) is 0 Å². The van der Waals surface area contributed by atoms with Crippen molar-refractivity contribution < 1.29 is 5.11 Å². The number of benzene rings is 1. The quantitative estimate of drug-likeness (QED) is 0.907. The number of nitrogens with two attached hydrogens (primary N) is 1. The Hall–Kier alpha value is -1.72. The van der Waals surface area contributed by atoms with Crippen LogP contribution in [0.2, 0.25) is 0 Å². The first-order chi connectivity index (χ1) is 11.7. The van der Waals surface area contributed by atoms with Crippen LogP contribution >= 0.6 is 0 Å². The zero-order valence-electron chi connectivity index (χ0n) is 14.1. The molecule has 0 radical (unpaired) electrons. The minimum absolute atomic E-state index is 0.146. The summed E-state index contributed by atoms with van der Waals surface area (Å²) in [6, 6.07) is 8.35. The zero-order valence-corrected chi connectivity index (χ0v) is 14.1. The maximum absolute atomic E-state index is 10.4. The molecule has 4 rings (SSSR count). The number of hydrogen-bond donors (Lipinski definition) is 2. The molecule has 3 unspecified atom stereocenters. The number of rotatable bonds is 3. The Balaban J connectivity index is 1.55. The van der Waals surface area contributed by atoms with E-state index in [1.165, 1.54) is 19.3 Å². The molecule has 1 aromatic heterocycles. The molecule has 3 N–H and O–H groups in total. The van der Waals surface area contributed by atoms with Gasteiger partial charge in [0.2, 0.25) is 0 Å². The molecule has 2 fully saturated rings. The van der Waals surface area contributed by atoms with Crippen molar-refractivity contribution in [1.29, 1.82) is 0 Å². The van der Waals surface area contributed by atoms with Gasteiger partial charge in [-0.1, -0.05) is 25.0 Å². The molecule has 1 saturated heterocycles. The number of hydrogen-bond acceptors (Lipinski definition) is 5. The van der Waals surface area contributed by atoms with Crippen molar-refractivity contribution in [1.82, 2.24) is 14.9 Å². The topological polar surface area (TPSA) is 75.3 Å². The van der Waals surface area contributed by atoms with E-state index < -0.39 is 0 Å². The molecular weight excluding hydrogens is 300 g/mol. The predicted octanol–water partition coefficient (Wildman–Crippen LogP) is 2.73. The molecule has 128 valence electrons. The SMILES string of the molecule is Nc1nc(CN2CCCC2C2CCCCC2O)nc2ccccc12. The van der Waals surface area contributed by atoms with Gasteiger partial charge in [0, 0.05) is 17.3 Å². The van der Waals surface area contributed by atoms with E-state index in [-0.39, 0.29) is 6.10 Å². The van der Waals surface area contributed by atoms with Crippen molar-refractivity contribution in [3.05, 3.63) is 30.1 Å². The number of nitrogen functional groups attached to an aromatic ring is 1. The lowest BCUT2D eigenvalue weighted by atomic mass is 9.80. The number of aliphatic hydroxyl groups excluding tert-OH is 1. The third kappa shape index (κ3) is 2.98. The van der Waals surface area contributed by atoms with Gasteiger partial charge in [0.25, 0.3) is 0 Å². The molecule has 0 bridgehead atoms. The van der Waals surface area contributed by atoms with Gasteiger partial charge in [-0.15, -0.1) is 0 Å². The molecule has 0 amide bonds. The predicted molar refractivity (Wildman–Crippen MR) is 95.3 cm³/mol.